The van der Waals surface area contributed by atoms with Crippen LogP contribution in [0.25, 0.3) is 0 Å². The van der Waals surface area contributed by atoms with Gasteiger partial charge in [0.25, 0.3) is 0 Å². The van der Waals surface area contributed by atoms with Gasteiger partial charge in [-0.25, -0.2) is 9.67 Å². The van der Waals surface area contributed by atoms with Gasteiger partial charge in [-0.3, -0.25) is 4.99 Å². The van der Waals surface area contributed by atoms with Crippen molar-refractivity contribution in [2.45, 2.75) is 58.5 Å². The summed E-state index contributed by atoms with van der Waals surface area (Å²) >= 11 is 0. The fourth-order valence-corrected chi connectivity index (χ4v) is 3.81. The molecular weight excluding hydrogens is 408 g/mol. The van der Waals surface area contributed by atoms with Gasteiger partial charge in [0.15, 0.2) is 11.8 Å². The van der Waals surface area contributed by atoms with Crippen LogP contribution >= 0.6 is 0 Å². The highest BCUT2D eigenvalue weighted by Gasteiger charge is 2.23. The molecule has 0 saturated heterocycles. The number of fused-ring (bicyclic) bond motifs is 1. The van der Waals surface area contributed by atoms with E-state index < -0.39 is 0 Å². The summed E-state index contributed by atoms with van der Waals surface area (Å²) in [6.45, 7) is 8.49. The minimum absolute atomic E-state index is 0.257. The topological polar surface area (TPSA) is 94.8 Å². The van der Waals surface area contributed by atoms with Gasteiger partial charge in [-0.05, 0) is 19.8 Å². The number of ether oxygens (including phenoxy) is 3. The van der Waals surface area contributed by atoms with E-state index in [9.17, 15) is 0 Å². The lowest BCUT2D eigenvalue weighted by atomic mass is 10.1. The Morgan fingerprint density at radius 3 is 2.50 bits per heavy atom. The molecule has 2 aromatic rings. The lowest BCUT2D eigenvalue weighted by Crippen LogP contribution is -2.47. The summed E-state index contributed by atoms with van der Waals surface area (Å²) in [6.07, 6.45) is 2.60. The van der Waals surface area contributed by atoms with Crippen molar-refractivity contribution in [3.05, 3.63) is 29.3 Å². The van der Waals surface area contributed by atoms with Gasteiger partial charge in [0, 0.05) is 49.2 Å². The van der Waals surface area contributed by atoms with Gasteiger partial charge < -0.3 is 24.8 Å². The number of hydrogen-bond donors (Lipinski definition) is 2. The zero-order valence-corrected chi connectivity index (χ0v) is 20.1. The first kappa shape index (κ1) is 23.7. The summed E-state index contributed by atoms with van der Waals surface area (Å²) in [5.74, 6) is 5.31. The molecule has 1 atom stereocenters. The second kappa shape index (κ2) is 11.1. The van der Waals surface area contributed by atoms with Crippen LogP contribution < -0.4 is 24.8 Å². The van der Waals surface area contributed by atoms with Crippen molar-refractivity contribution in [1.82, 2.24) is 25.4 Å². The average molecular weight is 445 g/mol. The first-order chi connectivity index (χ1) is 15.5. The van der Waals surface area contributed by atoms with E-state index in [4.69, 9.17) is 19.2 Å². The molecule has 3 rings (SSSR count). The molecule has 1 unspecified atom stereocenters. The number of methoxy groups -OCH3 is 3. The number of nitrogens with one attached hydrogen (secondary N) is 2. The minimum atomic E-state index is 0.257. The van der Waals surface area contributed by atoms with E-state index in [1.54, 1.807) is 21.3 Å². The van der Waals surface area contributed by atoms with Crippen LogP contribution in [0.5, 0.6) is 17.2 Å². The van der Waals surface area contributed by atoms with E-state index in [1.165, 1.54) is 0 Å². The Labute approximate surface area is 190 Å². The highest BCUT2D eigenvalue weighted by Crippen LogP contribution is 2.34. The van der Waals surface area contributed by atoms with Crippen LogP contribution in [0, 0.1) is 0 Å². The van der Waals surface area contributed by atoms with Crippen LogP contribution in [0.1, 0.15) is 50.3 Å². The predicted octanol–water partition coefficient (Wildman–Crippen LogP) is 2.54. The Kier molecular flexibility index (Phi) is 8.19. The Morgan fingerprint density at radius 2 is 1.91 bits per heavy atom. The van der Waals surface area contributed by atoms with Crippen molar-refractivity contribution in [2.75, 3.05) is 34.4 Å². The Bertz CT molecular complexity index is 899. The second-order valence-electron chi connectivity index (χ2n) is 8.12. The van der Waals surface area contributed by atoms with Crippen molar-refractivity contribution >= 4 is 5.96 Å². The molecule has 32 heavy (non-hydrogen) atoms. The van der Waals surface area contributed by atoms with Gasteiger partial charge in [-0.1, -0.05) is 13.8 Å². The van der Waals surface area contributed by atoms with Crippen LogP contribution in [-0.2, 0) is 19.4 Å². The lowest BCUT2D eigenvalue weighted by molar-refractivity contribution is 0.369. The molecule has 0 radical (unpaired) electrons. The Hall–Kier alpha value is -2.97. The molecule has 1 aliphatic heterocycles. The number of aromatic nitrogens is 3. The van der Waals surface area contributed by atoms with Crippen molar-refractivity contribution in [3.63, 3.8) is 0 Å². The fraction of sp³-hybridized carbons (Fsp3) is 0.609. The normalized spacial score (nSPS) is 16.0. The Morgan fingerprint density at radius 1 is 1.19 bits per heavy atom. The fourth-order valence-electron chi connectivity index (χ4n) is 3.81. The summed E-state index contributed by atoms with van der Waals surface area (Å²) < 4.78 is 18.5. The van der Waals surface area contributed by atoms with Gasteiger partial charge in [0.2, 0.25) is 0 Å². The van der Waals surface area contributed by atoms with E-state index in [0.29, 0.717) is 24.6 Å². The average Bonchev–Trinajstić information content (AvgIpc) is 3.23. The van der Waals surface area contributed by atoms with Crippen molar-refractivity contribution < 1.29 is 14.2 Å². The molecule has 1 aromatic heterocycles. The van der Waals surface area contributed by atoms with Crippen LogP contribution in [0.2, 0.25) is 0 Å². The molecule has 176 valence electrons. The highest BCUT2D eigenvalue weighted by molar-refractivity contribution is 5.80. The molecular formula is C23H36N6O3. The number of aryl methyl sites for hydroxylation is 1. The number of aliphatic imine (C=N–C) groups is 1. The van der Waals surface area contributed by atoms with Crippen molar-refractivity contribution in [1.29, 1.82) is 0 Å². The molecule has 0 spiro atoms. The minimum Gasteiger partial charge on any atom is -0.496 e. The van der Waals surface area contributed by atoms with Crippen LogP contribution in [0.15, 0.2) is 17.1 Å². The number of rotatable bonds is 9. The van der Waals surface area contributed by atoms with Crippen LogP contribution in [0.4, 0.5) is 0 Å². The maximum absolute atomic E-state index is 5.55. The molecule has 0 amide bonds. The van der Waals surface area contributed by atoms with Crippen molar-refractivity contribution in [3.8, 4) is 17.2 Å². The van der Waals surface area contributed by atoms with E-state index in [1.807, 2.05) is 16.8 Å². The molecule has 1 aromatic carbocycles. The summed E-state index contributed by atoms with van der Waals surface area (Å²) in [4.78, 5) is 9.47. The molecule has 0 saturated carbocycles. The molecule has 0 bridgehead atoms. The summed E-state index contributed by atoms with van der Waals surface area (Å²) in [5.41, 5.74) is 0.974. The van der Waals surface area contributed by atoms with Gasteiger partial charge in [0.1, 0.15) is 23.1 Å². The van der Waals surface area contributed by atoms with Crippen LogP contribution in [-0.4, -0.2) is 61.2 Å². The van der Waals surface area contributed by atoms with E-state index in [2.05, 4.69) is 41.5 Å². The number of nitrogens with zero attached hydrogens (tertiary/aromatic N) is 4. The predicted molar refractivity (Wildman–Crippen MR) is 125 cm³/mol. The Balaban J connectivity index is 1.67. The highest BCUT2D eigenvalue weighted by atomic mass is 16.5. The number of guanidine groups is 1. The quantitative estimate of drug-likeness (QED) is 0.453. The van der Waals surface area contributed by atoms with Gasteiger partial charge in [0.05, 0.1) is 27.9 Å². The van der Waals surface area contributed by atoms with E-state index in [-0.39, 0.29) is 6.04 Å². The molecule has 9 heteroatoms. The van der Waals surface area contributed by atoms with Gasteiger partial charge in [-0.15, -0.1) is 0 Å². The standard InChI is InChI=1S/C23H36N6O3/c1-7-24-23(26-16-8-9-21-27-22(15(2)3)28-29(21)14-16)25-11-10-18-19(31-5)12-17(30-4)13-20(18)32-6/h12-13,15-16H,7-11,14H2,1-6H3,(H2,24,25,26). The largest absolute Gasteiger partial charge is 0.496 e. The molecule has 1 aliphatic rings. The van der Waals surface area contributed by atoms with Gasteiger partial charge >= 0.3 is 0 Å². The second-order valence-corrected chi connectivity index (χ2v) is 8.12. The lowest BCUT2D eigenvalue weighted by Gasteiger charge is -2.25. The number of hydrogen-bond acceptors (Lipinski definition) is 6. The monoisotopic (exact) mass is 444 g/mol. The van der Waals surface area contributed by atoms with Crippen LogP contribution in [0.3, 0.4) is 0 Å². The maximum Gasteiger partial charge on any atom is 0.191 e. The summed E-state index contributed by atoms with van der Waals surface area (Å²) in [5, 5.41) is 11.6. The third kappa shape index (κ3) is 5.63. The van der Waals surface area contributed by atoms with E-state index in [0.717, 1.165) is 60.6 Å². The molecule has 0 fully saturated rings. The molecule has 9 nitrogen and oxygen atoms in total. The third-order valence-corrected chi connectivity index (χ3v) is 5.52. The molecule has 2 N–H and O–H groups in total. The first-order valence-corrected chi connectivity index (χ1v) is 11.3. The smallest absolute Gasteiger partial charge is 0.191 e. The number of benzene rings is 1. The zero-order chi connectivity index (χ0) is 23.1. The van der Waals surface area contributed by atoms with E-state index >= 15 is 0 Å². The summed E-state index contributed by atoms with van der Waals surface area (Å²) in [7, 11) is 4.93. The zero-order valence-electron chi connectivity index (χ0n) is 20.1. The summed E-state index contributed by atoms with van der Waals surface area (Å²) in [6, 6.07) is 3.99. The molecule has 0 aliphatic carbocycles. The first-order valence-electron chi connectivity index (χ1n) is 11.3. The van der Waals surface area contributed by atoms with Crippen molar-refractivity contribution in [2.24, 2.45) is 4.99 Å². The van der Waals surface area contributed by atoms with Gasteiger partial charge in [-0.2, -0.15) is 5.10 Å². The molecule has 2 heterocycles. The third-order valence-electron chi connectivity index (χ3n) is 5.52. The maximum atomic E-state index is 5.55. The SMILES string of the molecule is CCNC(=NCCc1c(OC)cc(OC)cc1OC)NC1CCc2nc(C(C)C)nn2C1.